The zero-order valence-electron chi connectivity index (χ0n) is 10.6. The van der Waals surface area contributed by atoms with Crippen LogP contribution in [-0.2, 0) is 0 Å². The molecule has 0 aliphatic carbocycles. The second kappa shape index (κ2) is 6.53. The summed E-state index contributed by atoms with van der Waals surface area (Å²) < 4.78 is 27.2. The maximum Gasteiger partial charge on any atom is 0.130 e. The molecule has 1 saturated heterocycles. The maximum absolute atomic E-state index is 13.6. The van der Waals surface area contributed by atoms with Gasteiger partial charge in [0.1, 0.15) is 11.6 Å². The van der Waals surface area contributed by atoms with E-state index in [0.29, 0.717) is 5.92 Å². The van der Waals surface area contributed by atoms with Gasteiger partial charge in [-0.3, -0.25) is 0 Å². The molecule has 18 heavy (non-hydrogen) atoms. The number of hydrogen-bond donors (Lipinski definition) is 1. The first kappa shape index (κ1) is 13.8. The fourth-order valence-electron chi connectivity index (χ4n) is 2.32. The maximum atomic E-state index is 13.6. The van der Waals surface area contributed by atoms with Gasteiger partial charge in [0.15, 0.2) is 0 Å². The van der Waals surface area contributed by atoms with Crippen LogP contribution in [-0.4, -0.2) is 18.1 Å². The average molecular weight is 271 g/mol. The van der Waals surface area contributed by atoms with Crippen LogP contribution >= 0.6 is 11.8 Å². The molecule has 2 rings (SSSR count). The number of thioether (sulfide) groups is 1. The molecule has 1 N–H and O–H groups in total. The molecule has 0 saturated carbocycles. The molecule has 0 amide bonds. The van der Waals surface area contributed by atoms with Crippen LogP contribution in [0.1, 0.15) is 31.4 Å². The van der Waals surface area contributed by atoms with Crippen molar-refractivity contribution in [2.75, 3.05) is 18.1 Å². The molecular weight excluding hydrogens is 252 g/mol. The third kappa shape index (κ3) is 3.45. The smallest absolute Gasteiger partial charge is 0.130 e. The van der Waals surface area contributed by atoms with E-state index in [0.717, 1.165) is 6.54 Å². The zero-order valence-corrected chi connectivity index (χ0v) is 11.4. The molecule has 1 fully saturated rings. The molecule has 100 valence electrons. The minimum Gasteiger partial charge on any atom is -0.310 e. The highest BCUT2D eigenvalue weighted by atomic mass is 32.2. The van der Waals surface area contributed by atoms with Gasteiger partial charge in [0.05, 0.1) is 0 Å². The second-order valence-electron chi connectivity index (χ2n) is 4.82. The Labute approximate surface area is 111 Å². The van der Waals surface area contributed by atoms with Crippen molar-refractivity contribution in [1.29, 1.82) is 0 Å². The first-order valence-corrected chi connectivity index (χ1v) is 7.59. The van der Waals surface area contributed by atoms with E-state index in [2.05, 4.69) is 5.32 Å². The van der Waals surface area contributed by atoms with Crippen LogP contribution in [0.2, 0.25) is 0 Å². The van der Waals surface area contributed by atoms with E-state index < -0.39 is 11.6 Å². The van der Waals surface area contributed by atoms with Crippen molar-refractivity contribution in [1.82, 2.24) is 5.32 Å². The summed E-state index contributed by atoms with van der Waals surface area (Å²) in [6, 6.07) is 3.75. The molecule has 1 unspecified atom stereocenters. The highest BCUT2D eigenvalue weighted by Gasteiger charge is 2.18. The summed E-state index contributed by atoms with van der Waals surface area (Å²) in [7, 11) is 0. The normalized spacial score (nSPS) is 18.8. The Balaban J connectivity index is 1.92. The van der Waals surface area contributed by atoms with Crippen LogP contribution in [0.4, 0.5) is 8.78 Å². The van der Waals surface area contributed by atoms with Gasteiger partial charge in [0, 0.05) is 11.6 Å². The van der Waals surface area contributed by atoms with Crippen molar-refractivity contribution in [2.45, 2.75) is 25.8 Å². The van der Waals surface area contributed by atoms with E-state index in [1.165, 1.54) is 42.5 Å². The standard InChI is InChI=1S/C14H19F2NS/c1-10(14-12(15)3-2-4-13(14)16)17-9-11-5-7-18-8-6-11/h2-4,10-11,17H,5-9H2,1H3. The molecule has 1 nitrogen and oxygen atoms in total. The SMILES string of the molecule is CC(NCC1CCSCC1)c1c(F)cccc1F. The van der Waals surface area contributed by atoms with Crippen LogP contribution in [0.15, 0.2) is 18.2 Å². The summed E-state index contributed by atoms with van der Waals surface area (Å²) in [6.45, 7) is 2.66. The topological polar surface area (TPSA) is 12.0 Å². The van der Waals surface area contributed by atoms with Gasteiger partial charge < -0.3 is 5.32 Å². The Morgan fingerprint density at radius 1 is 1.28 bits per heavy atom. The van der Waals surface area contributed by atoms with Crippen molar-refractivity contribution in [3.05, 3.63) is 35.4 Å². The average Bonchev–Trinajstić information content (AvgIpc) is 2.37. The van der Waals surface area contributed by atoms with Crippen molar-refractivity contribution in [3.63, 3.8) is 0 Å². The molecule has 4 heteroatoms. The summed E-state index contributed by atoms with van der Waals surface area (Å²) in [5.74, 6) is 2.12. The predicted octanol–water partition coefficient (Wildman–Crippen LogP) is 3.76. The summed E-state index contributed by atoms with van der Waals surface area (Å²) in [5, 5.41) is 3.26. The molecular formula is C14H19F2NS. The van der Waals surface area contributed by atoms with E-state index in [1.54, 1.807) is 0 Å². The molecule has 1 aromatic rings. The van der Waals surface area contributed by atoms with Crippen LogP contribution < -0.4 is 5.32 Å². The van der Waals surface area contributed by atoms with Crippen LogP contribution in [0.25, 0.3) is 0 Å². The Bertz CT molecular complexity index is 371. The Morgan fingerprint density at radius 3 is 2.50 bits per heavy atom. The van der Waals surface area contributed by atoms with Crippen LogP contribution in [0.5, 0.6) is 0 Å². The van der Waals surface area contributed by atoms with E-state index in [-0.39, 0.29) is 11.6 Å². The summed E-state index contributed by atoms with van der Waals surface area (Å²) in [4.78, 5) is 0. The molecule has 1 heterocycles. The predicted molar refractivity (Wildman–Crippen MR) is 72.8 cm³/mol. The third-order valence-electron chi connectivity index (χ3n) is 3.49. The summed E-state index contributed by atoms with van der Waals surface area (Å²) >= 11 is 1.99. The van der Waals surface area contributed by atoms with E-state index in [9.17, 15) is 8.78 Å². The lowest BCUT2D eigenvalue weighted by atomic mass is 10.0. The number of rotatable bonds is 4. The monoisotopic (exact) mass is 271 g/mol. The minimum absolute atomic E-state index is 0.155. The van der Waals surface area contributed by atoms with Gasteiger partial charge in [-0.1, -0.05) is 6.07 Å². The van der Waals surface area contributed by atoms with E-state index in [1.807, 2.05) is 18.7 Å². The lowest BCUT2D eigenvalue weighted by molar-refractivity contribution is 0.407. The van der Waals surface area contributed by atoms with Crippen LogP contribution in [0.3, 0.4) is 0 Å². The summed E-state index contributed by atoms with van der Waals surface area (Å²) in [6.07, 6.45) is 2.40. The second-order valence-corrected chi connectivity index (χ2v) is 6.05. The lowest BCUT2D eigenvalue weighted by Gasteiger charge is -2.24. The third-order valence-corrected chi connectivity index (χ3v) is 4.54. The lowest BCUT2D eigenvalue weighted by Crippen LogP contribution is -2.29. The quantitative estimate of drug-likeness (QED) is 0.895. The van der Waals surface area contributed by atoms with E-state index >= 15 is 0 Å². The van der Waals surface area contributed by atoms with E-state index in [4.69, 9.17) is 0 Å². The number of halogens is 2. The zero-order chi connectivity index (χ0) is 13.0. The van der Waals surface area contributed by atoms with Crippen LogP contribution in [0, 0.1) is 17.6 Å². The van der Waals surface area contributed by atoms with Gasteiger partial charge in [-0.25, -0.2) is 8.78 Å². The molecule has 0 spiro atoms. The van der Waals surface area contributed by atoms with Gasteiger partial charge in [-0.2, -0.15) is 11.8 Å². The van der Waals surface area contributed by atoms with Gasteiger partial charge in [-0.05, 0) is 55.9 Å². The first-order valence-electron chi connectivity index (χ1n) is 6.43. The molecule has 1 aliphatic rings. The van der Waals surface area contributed by atoms with Crippen molar-refractivity contribution in [2.24, 2.45) is 5.92 Å². The van der Waals surface area contributed by atoms with Gasteiger partial charge in [0.2, 0.25) is 0 Å². The number of hydrogen-bond acceptors (Lipinski definition) is 2. The Kier molecular flexibility index (Phi) is 5.01. The van der Waals surface area contributed by atoms with Crippen molar-refractivity contribution in [3.8, 4) is 0 Å². The first-order chi connectivity index (χ1) is 8.68. The van der Waals surface area contributed by atoms with Gasteiger partial charge in [0.25, 0.3) is 0 Å². The molecule has 1 aliphatic heterocycles. The summed E-state index contributed by atoms with van der Waals surface area (Å²) in [5.41, 5.74) is 0.155. The van der Waals surface area contributed by atoms with Crippen molar-refractivity contribution >= 4 is 11.8 Å². The minimum atomic E-state index is -0.464. The molecule has 0 bridgehead atoms. The highest BCUT2D eigenvalue weighted by Crippen LogP contribution is 2.24. The molecule has 0 radical (unpaired) electrons. The fourth-order valence-corrected chi connectivity index (χ4v) is 3.52. The van der Waals surface area contributed by atoms with Crippen molar-refractivity contribution < 1.29 is 8.78 Å². The van der Waals surface area contributed by atoms with Gasteiger partial charge >= 0.3 is 0 Å². The van der Waals surface area contributed by atoms with Gasteiger partial charge in [-0.15, -0.1) is 0 Å². The fraction of sp³-hybridized carbons (Fsp3) is 0.571. The molecule has 0 aromatic heterocycles. The molecule has 1 aromatic carbocycles. The molecule has 1 atom stereocenters. The largest absolute Gasteiger partial charge is 0.310 e. The number of nitrogens with one attached hydrogen (secondary N) is 1. The Hall–Kier alpha value is -0.610. The Morgan fingerprint density at radius 2 is 1.89 bits per heavy atom. The highest BCUT2D eigenvalue weighted by molar-refractivity contribution is 7.99. The number of benzene rings is 1.